The number of aromatic nitrogens is 8. The topological polar surface area (TPSA) is 404 Å². The number of urea groups is 3. The third-order valence-corrected chi connectivity index (χ3v) is 17.9. The molecule has 13 rings (SSSR count). The molecule has 6 aliphatic heterocycles. The molecule has 0 saturated carbocycles. The summed E-state index contributed by atoms with van der Waals surface area (Å²) in [6.45, 7) is 1.15. The lowest BCUT2D eigenvalue weighted by atomic mass is 10.0. The quantitative estimate of drug-likeness (QED) is 0.0246. The Morgan fingerprint density at radius 2 is 0.981 bits per heavy atom. The number of hydrogen-bond acceptors (Lipinski definition) is 24. The van der Waals surface area contributed by atoms with Gasteiger partial charge in [-0.25, -0.2) is 44.3 Å². The van der Waals surface area contributed by atoms with E-state index < -0.39 is 130 Å². The number of H-pyrrole nitrogens is 1. The van der Waals surface area contributed by atoms with Gasteiger partial charge in [0.25, 0.3) is 0 Å². The fraction of sp³-hybridized carbons (Fsp3) is 0.439. The number of aliphatic hydroxyl groups excluding tert-OH is 6. The number of nitrogens with zero attached hydrogens (tertiary/aromatic N) is 13. The molecule has 40 heteroatoms. The number of ketones is 3. The van der Waals surface area contributed by atoms with E-state index in [2.05, 4.69) is 55.8 Å². The summed E-state index contributed by atoms with van der Waals surface area (Å²) >= 11 is 0. The molecule has 3 fully saturated rings. The van der Waals surface area contributed by atoms with E-state index >= 15 is 0 Å². The van der Waals surface area contributed by atoms with Crippen LogP contribution in [-0.2, 0) is 0 Å². The van der Waals surface area contributed by atoms with Crippen molar-refractivity contribution in [1.82, 2.24) is 39.9 Å². The van der Waals surface area contributed by atoms with Crippen molar-refractivity contribution in [1.29, 1.82) is 0 Å². The molecule has 10 N–H and O–H groups in total. The summed E-state index contributed by atoms with van der Waals surface area (Å²) in [5.74, 6) is -2.96. The van der Waals surface area contributed by atoms with E-state index in [1.807, 2.05) is 14.7 Å². The number of anilines is 9. The van der Waals surface area contributed by atoms with Crippen LogP contribution in [0.5, 0.6) is 11.5 Å². The van der Waals surface area contributed by atoms with Crippen LogP contribution >= 0.6 is 0 Å². The average molecular weight is 1500 g/mol. The summed E-state index contributed by atoms with van der Waals surface area (Å²) in [7, 11) is 0. The van der Waals surface area contributed by atoms with Gasteiger partial charge in [-0.1, -0.05) is 0 Å². The molecular formula is C66H70F9N17O14. The Hall–Kier alpha value is -10.7. The molecule has 566 valence electrons. The van der Waals surface area contributed by atoms with Crippen LogP contribution in [0.1, 0.15) is 82.8 Å². The summed E-state index contributed by atoms with van der Waals surface area (Å²) in [4.78, 5) is 120. The van der Waals surface area contributed by atoms with Gasteiger partial charge in [0.05, 0.1) is 67.3 Å². The molecular weight excluding hydrogens is 1430 g/mol. The third kappa shape index (κ3) is 18.2. The molecule has 7 aromatic heterocycles. The molecule has 7 aromatic rings. The van der Waals surface area contributed by atoms with Gasteiger partial charge in [0, 0.05) is 101 Å². The minimum atomic E-state index is -4.82. The highest BCUT2D eigenvalue weighted by Gasteiger charge is 2.46. The van der Waals surface area contributed by atoms with Crippen LogP contribution in [0.4, 0.5) is 106 Å². The van der Waals surface area contributed by atoms with E-state index in [-0.39, 0.29) is 89.2 Å². The molecule has 0 spiro atoms. The Morgan fingerprint density at radius 3 is 1.41 bits per heavy atom. The summed E-state index contributed by atoms with van der Waals surface area (Å²) in [6, 6.07) is 14.2. The number of Topliss-reactive ketones (excluding diaryl/α,β-unsaturated/α-hetero) is 3. The number of carbonyl (C=O) groups excluding carboxylic acids is 6. The number of pyridine rings is 5. The zero-order valence-corrected chi connectivity index (χ0v) is 55.8. The second-order valence-corrected chi connectivity index (χ2v) is 25.3. The molecule has 3 saturated heterocycles. The van der Waals surface area contributed by atoms with Crippen LogP contribution in [-0.4, -0.2) is 233 Å². The number of carbonyl (C=O) groups is 6. The first-order valence-electron chi connectivity index (χ1n) is 33.2. The monoisotopic (exact) mass is 1500 g/mol. The maximum absolute atomic E-state index is 13.3. The van der Waals surface area contributed by atoms with Gasteiger partial charge in [0.1, 0.15) is 77.4 Å². The first kappa shape index (κ1) is 76.4. The van der Waals surface area contributed by atoms with Gasteiger partial charge in [0.2, 0.25) is 5.95 Å². The lowest BCUT2D eigenvalue weighted by Gasteiger charge is -2.35. The third-order valence-electron chi connectivity index (χ3n) is 17.9. The number of alkyl halides is 9. The largest absolute Gasteiger partial charge is 0.491 e. The number of rotatable bonds is 22. The number of nitrogens with one attached hydrogen (secondary N) is 4. The second-order valence-electron chi connectivity index (χ2n) is 25.3. The lowest BCUT2D eigenvalue weighted by molar-refractivity contribution is -0.205. The van der Waals surface area contributed by atoms with Crippen molar-refractivity contribution in [3.63, 3.8) is 0 Å². The first-order chi connectivity index (χ1) is 50.4. The molecule has 0 aromatic carbocycles. The van der Waals surface area contributed by atoms with Crippen LogP contribution < -0.4 is 54.8 Å². The Balaban J connectivity index is 0.000000159. The Labute approximate surface area is 595 Å². The fourth-order valence-electron chi connectivity index (χ4n) is 12.5. The van der Waals surface area contributed by atoms with Gasteiger partial charge in [0.15, 0.2) is 34.8 Å². The normalized spacial score (nSPS) is 18.0. The molecule has 0 aliphatic carbocycles. The number of aromatic amines is 1. The Kier molecular flexibility index (Phi) is 23.3. The second kappa shape index (κ2) is 32.4. The predicted octanol–water partition coefficient (Wildman–Crippen LogP) is 6.82. The number of fused-ring (bicyclic) bond motifs is 13. The van der Waals surface area contributed by atoms with E-state index in [0.717, 1.165) is 5.39 Å². The minimum Gasteiger partial charge on any atom is -0.491 e. The molecule has 0 unspecified atom stereocenters. The maximum Gasteiger partial charge on any atom is 0.414 e. The van der Waals surface area contributed by atoms with Crippen molar-refractivity contribution >= 4 is 98.6 Å². The number of hydrogen-bond donors (Lipinski definition) is 10. The van der Waals surface area contributed by atoms with Crippen molar-refractivity contribution < 1.29 is 108 Å². The van der Waals surface area contributed by atoms with Crippen LogP contribution in [0.2, 0.25) is 0 Å². The molecule has 6 bridgehead atoms. The Bertz CT molecular complexity index is 4370. The van der Waals surface area contributed by atoms with E-state index in [9.17, 15) is 83.6 Å². The SMILES string of the molecule is O=C(CCC(F)(F)F)c1ccc2c(n1)N(C(=O)Nc1ncc3cc[nH]c3n1)[C@H]1CCN2C1.O=C(CC[C@H](O)C(F)(F)F)c1ccc2c(n1)N(C(=O)Nc1cc(OC[C@H](O)CO)ccn1)[C@H]1CCN2C1.O=C(C[C@H](CO)C(F)(F)F)c1ccc2c(n1)N(C(=O)Nc1cc(OC[C@H](O)CO)ccn1)[C@H]1CCN2C1. The van der Waals surface area contributed by atoms with Gasteiger partial charge in [-0.15, -0.1) is 0 Å². The number of amides is 6. The summed E-state index contributed by atoms with van der Waals surface area (Å²) in [5, 5.41) is 63.8. The van der Waals surface area contributed by atoms with Gasteiger partial charge >= 0.3 is 36.6 Å². The smallest absolute Gasteiger partial charge is 0.414 e. The van der Waals surface area contributed by atoms with Crippen molar-refractivity contribution in [3.8, 4) is 11.5 Å². The lowest BCUT2D eigenvalue weighted by Crippen LogP contribution is -2.48. The van der Waals surface area contributed by atoms with E-state index in [1.165, 1.54) is 69.6 Å². The minimum absolute atomic E-state index is 0.0997. The van der Waals surface area contributed by atoms with Crippen LogP contribution in [0.15, 0.2) is 91.5 Å². The Morgan fingerprint density at radius 1 is 0.538 bits per heavy atom. The zero-order valence-electron chi connectivity index (χ0n) is 55.8. The number of halogens is 9. The van der Waals surface area contributed by atoms with E-state index in [1.54, 1.807) is 36.7 Å². The molecule has 7 atom stereocenters. The van der Waals surface area contributed by atoms with Gasteiger partial charge in [-0.2, -0.15) is 44.5 Å². The van der Waals surface area contributed by atoms with Crippen LogP contribution in [0, 0.1) is 5.92 Å². The van der Waals surface area contributed by atoms with Crippen LogP contribution in [0.25, 0.3) is 11.0 Å². The van der Waals surface area contributed by atoms with Crippen LogP contribution in [0.3, 0.4) is 0 Å². The highest BCUT2D eigenvalue weighted by Crippen LogP contribution is 2.43. The number of ether oxygens (including phenoxy) is 2. The van der Waals surface area contributed by atoms with Crippen molar-refractivity contribution in [2.24, 2.45) is 5.92 Å². The summed E-state index contributed by atoms with van der Waals surface area (Å²) < 4.78 is 125. The standard InChI is InChI=1S/2C23H26F3N5O6.C20H18F3N7O2/c24-23(25,26)13(10-32)7-19(35)17-1-2-18-21(28-17)31(14-4-6-30(18)9-14)22(36)29-20-8-16(3-5-27-20)37-12-15(34)11-33;24-23(25,26)19(35)4-3-18(34)16-1-2-17-21(28-16)31(13-6-8-30(17)10-13)22(36)29-20-9-15(5-7-27-20)37-12-14(33)11-32;21-20(22,23)6-3-15(31)13-1-2-14-17(26-13)30(12-5-8-29(14)10-12)19(32)28-18-25-9-11-4-7-24-16(11)27-18/h1-3,5,8,13-15,32-34H,4,6-7,9-12H2,(H,27,29,36);1-2,5,7,9,13-14,19,32-33,35H,3-4,6,8,10-12H2,(H,27,29,36);1-2,4,7,9,12H,3,5-6,8,10H2,(H2,24,25,27,28,32)/t13-,14+,15-;13-,14+,19-;12-/m100/s1. The molecule has 0 radical (unpaired) electrons. The van der Waals surface area contributed by atoms with E-state index in [0.29, 0.717) is 87.0 Å². The average Bonchev–Trinajstić information content (AvgIpc) is 1.55. The van der Waals surface area contributed by atoms with Gasteiger partial charge in [-0.3, -0.25) is 45.0 Å². The zero-order chi connectivity index (χ0) is 75.9. The number of aliphatic hydroxyl groups is 6. The fourth-order valence-corrected chi connectivity index (χ4v) is 12.5. The highest BCUT2D eigenvalue weighted by molar-refractivity contribution is 6.08. The van der Waals surface area contributed by atoms with Gasteiger partial charge in [-0.05, 0) is 80.3 Å². The molecule has 13 heterocycles. The molecule has 106 heavy (non-hydrogen) atoms. The van der Waals surface area contributed by atoms with Crippen molar-refractivity contribution in [3.05, 3.63) is 109 Å². The highest BCUT2D eigenvalue weighted by atomic mass is 19.4. The summed E-state index contributed by atoms with van der Waals surface area (Å²) in [5.41, 5.74) is 1.95. The first-order valence-corrected chi connectivity index (χ1v) is 33.2. The molecule has 6 amide bonds. The predicted molar refractivity (Wildman–Crippen MR) is 359 cm³/mol. The maximum atomic E-state index is 13.3. The van der Waals surface area contributed by atoms with Gasteiger partial charge < -0.3 is 59.8 Å². The molecule has 6 aliphatic rings. The van der Waals surface area contributed by atoms with Crippen molar-refractivity contribution in [2.75, 3.05) is 118 Å². The summed E-state index contributed by atoms with van der Waals surface area (Å²) in [6.07, 6.45) is -15.0. The van der Waals surface area contributed by atoms with Crippen molar-refractivity contribution in [2.45, 2.75) is 106 Å². The van der Waals surface area contributed by atoms with E-state index in [4.69, 9.17) is 24.8 Å². The molecule has 31 nitrogen and oxygen atoms in total.